The molecule has 2 aromatic heterocycles. The van der Waals surface area contributed by atoms with E-state index in [0.29, 0.717) is 13.0 Å². The second-order valence-corrected chi connectivity index (χ2v) is 5.70. The van der Waals surface area contributed by atoms with E-state index in [1.165, 1.54) is 24.4 Å². The van der Waals surface area contributed by atoms with Gasteiger partial charge in [0.05, 0.1) is 5.39 Å². The molecule has 0 fully saturated rings. The van der Waals surface area contributed by atoms with Crippen molar-refractivity contribution in [2.45, 2.75) is 13.3 Å². The van der Waals surface area contributed by atoms with Gasteiger partial charge in [-0.1, -0.05) is 6.92 Å². The minimum atomic E-state index is -0.875. The Morgan fingerprint density at radius 1 is 1.31 bits per heavy atom. The maximum absolute atomic E-state index is 14.4. The molecule has 6 nitrogen and oxygen atoms in total. The highest BCUT2D eigenvalue weighted by Gasteiger charge is 2.26. The van der Waals surface area contributed by atoms with E-state index in [2.05, 4.69) is 10.3 Å². The number of halogens is 2. The second-order valence-electron chi connectivity index (χ2n) is 5.70. The van der Waals surface area contributed by atoms with Gasteiger partial charge in [-0.25, -0.2) is 9.37 Å². The van der Waals surface area contributed by atoms with E-state index in [0.717, 1.165) is 12.3 Å². The molecular weight excluding hydrogens is 342 g/mol. The van der Waals surface area contributed by atoms with Crippen LogP contribution in [0.5, 0.6) is 0 Å². The number of nitrogen functional groups attached to an aromatic ring is 1. The van der Waals surface area contributed by atoms with Gasteiger partial charge in [0.1, 0.15) is 11.5 Å². The van der Waals surface area contributed by atoms with Gasteiger partial charge in [0.25, 0.3) is 0 Å². The number of anilines is 1. The van der Waals surface area contributed by atoms with Crippen molar-refractivity contribution in [2.24, 2.45) is 0 Å². The monoisotopic (exact) mass is 358 g/mol. The van der Waals surface area contributed by atoms with Crippen LogP contribution in [0.1, 0.15) is 23.8 Å². The third-order valence-corrected chi connectivity index (χ3v) is 3.99. The van der Waals surface area contributed by atoms with Crippen molar-refractivity contribution in [2.75, 3.05) is 12.3 Å². The quantitative estimate of drug-likeness (QED) is 0.426. The molecule has 0 aliphatic rings. The highest BCUT2D eigenvalue weighted by Crippen LogP contribution is 2.34. The predicted octanol–water partition coefficient (Wildman–Crippen LogP) is 2.54. The molecule has 0 atom stereocenters. The van der Waals surface area contributed by atoms with Crippen LogP contribution in [0.3, 0.4) is 0 Å². The van der Waals surface area contributed by atoms with Crippen molar-refractivity contribution in [3.05, 3.63) is 59.3 Å². The molecule has 134 valence electrons. The SMILES string of the molecule is CCCNC(=O)c1c(N)c2ccc(F)c(-c3cccnc3F)c2c[n+]1[O-]. The Labute approximate surface area is 147 Å². The molecule has 0 radical (unpaired) electrons. The van der Waals surface area contributed by atoms with E-state index < -0.39 is 17.7 Å². The third-order valence-electron chi connectivity index (χ3n) is 3.99. The summed E-state index contributed by atoms with van der Waals surface area (Å²) in [5.41, 5.74) is 5.40. The summed E-state index contributed by atoms with van der Waals surface area (Å²) in [7, 11) is 0. The summed E-state index contributed by atoms with van der Waals surface area (Å²) in [6.45, 7) is 2.25. The van der Waals surface area contributed by atoms with Crippen LogP contribution in [0.2, 0.25) is 0 Å². The van der Waals surface area contributed by atoms with Crippen LogP contribution in [0.25, 0.3) is 21.9 Å². The number of pyridine rings is 2. The van der Waals surface area contributed by atoms with Crippen LogP contribution in [-0.4, -0.2) is 17.4 Å². The fraction of sp³-hybridized carbons (Fsp3) is 0.167. The number of aromatic nitrogens is 2. The topological polar surface area (TPSA) is 95.0 Å². The van der Waals surface area contributed by atoms with Gasteiger partial charge >= 0.3 is 11.6 Å². The molecule has 0 aliphatic heterocycles. The minimum absolute atomic E-state index is 0.0939. The highest BCUT2D eigenvalue weighted by molar-refractivity contribution is 6.08. The Balaban J connectivity index is 2.29. The summed E-state index contributed by atoms with van der Waals surface area (Å²) < 4.78 is 28.8. The first-order valence-corrected chi connectivity index (χ1v) is 7.98. The maximum atomic E-state index is 14.4. The number of rotatable bonds is 4. The molecule has 8 heteroatoms. The number of benzene rings is 1. The van der Waals surface area contributed by atoms with E-state index in [1.807, 2.05) is 6.92 Å². The molecular formula is C18H16F2N4O2. The number of hydrogen-bond donors (Lipinski definition) is 2. The molecule has 1 amide bonds. The lowest BCUT2D eigenvalue weighted by Crippen LogP contribution is -2.40. The number of carbonyl (C=O) groups is 1. The highest BCUT2D eigenvalue weighted by atomic mass is 19.1. The van der Waals surface area contributed by atoms with E-state index >= 15 is 0 Å². The zero-order chi connectivity index (χ0) is 18.8. The van der Waals surface area contributed by atoms with Gasteiger partial charge < -0.3 is 16.3 Å². The van der Waals surface area contributed by atoms with Crippen LogP contribution in [0.15, 0.2) is 36.7 Å². The molecule has 0 saturated carbocycles. The first-order chi connectivity index (χ1) is 12.5. The molecule has 3 N–H and O–H groups in total. The molecule has 3 rings (SSSR count). The van der Waals surface area contributed by atoms with Crippen molar-refractivity contribution in [1.29, 1.82) is 0 Å². The zero-order valence-electron chi connectivity index (χ0n) is 13.9. The smallest absolute Gasteiger partial charge is 0.319 e. The average molecular weight is 358 g/mol. The van der Waals surface area contributed by atoms with E-state index in [-0.39, 0.29) is 38.0 Å². The zero-order valence-corrected chi connectivity index (χ0v) is 13.9. The molecule has 1 aromatic carbocycles. The molecule has 3 aromatic rings. The van der Waals surface area contributed by atoms with Gasteiger partial charge in [-0.2, -0.15) is 9.12 Å². The lowest BCUT2D eigenvalue weighted by Gasteiger charge is -2.13. The first kappa shape index (κ1) is 17.5. The number of fused-ring (bicyclic) bond motifs is 1. The van der Waals surface area contributed by atoms with E-state index in [1.54, 1.807) is 0 Å². The van der Waals surface area contributed by atoms with Crippen LogP contribution < -0.4 is 15.8 Å². The number of nitrogens with one attached hydrogen (secondary N) is 1. The molecule has 26 heavy (non-hydrogen) atoms. The van der Waals surface area contributed by atoms with Gasteiger partial charge in [0.2, 0.25) is 5.95 Å². The molecule has 0 spiro atoms. The lowest BCUT2D eigenvalue weighted by atomic mass is 9.98. The summed E-state index contributed by atoms with van der Waals surface area (Å²) in [5.74, 6) is -2.23. The van der Waals surface area contributed by atoms with Crippen molar-refractivity contribution in [3.8, 4) is 11.1 Å². The van der Waals surface area contributed by atoms with Gasteiger partial charge in [0, 0.05) is 29.3 Å². The molecule has 0 saturated heterocycles. The van der Waals surface area contributed by atoms with Crippen molar-refractivity contribution < 1.29 is 18.3 Å². The van der Waals surface area contributed by atoms with Gasteiger partial charge in [-0.3, -0.25) is 4.79 Å². The van der Waals surface area contributed by atoms with Gasteiger partial charge in [-0.15, -0.1) is 0 Å². The summed E-state index contributed by atoms with van der Waals surface area (Å²) in [5, 5.41) is 15.3. The lowest BCUT2D eigenvalue weighted by molar-refractivity contribution is -0.605. The average Bonchev–Trinajstić information content (AvgIpc) is 2.61. The molecule has 2 heterocycles. The minimum Gasteiger partial charge on any atom is -0.618 e. The van der Waals surface area contributed by atoms with Crippen LogP contribution >= 0.6 is 0 Å². The number of nitrogens with two attached hydrogens (primary N) is 1. The Kier molecular flexibility index (Phi) is 4.66. The Morgan fingerprint density at radius 3 is 2.77 bits per heavy atom. The number of carbonyl (C=O) groups excluding carboxylic acids is 1. The Morgan fingerprint density at radius 2 is 2.08 bits per heavy atom. The van der Waals surface area contributed by atoms with Crippen LogP contribution in [0, 0.1) is 17.0 Å². The maximum Gasteiger partial charge on any atom is 0.319 e. The van der Waals surface area contributed by atoms with Crippen LogP contribution in [-0.2, 0) is 0 Å². The van der Waals surface area contributed by atoms with E-state index in [4.69, 9.17) is 5.73 Å². The summed E-state index contributed by atoms with van der Waals surface area (Å²) in [6, 6.07) is 5.28. The van der Waals surface area contributed by atoms with Crippen LogP contribution in [0.4, 0.5) is 14.5 Å². The number of amides is 1. The fourth-order valence-electron chi connectivity index (χ4n) is 2.78. The predicted molar refractivity (Wildman–Crippen MR) is 93.1 cm³/mol. The van der Waals surface area contributed by atoms with Crippen molar-refractivity contribution in [1.82, 2.24) is 10.3 Å². The first-order valence-electron chi connectivity index (χ1n) is 7.98. The molecule has 0 aliphatic carbocycles. The third kappa shape index (κ3) is 2.90. The van der Waals surface area contributed by atoms with Gasteiger partial charge in [-0.05, 0) is 30.7 Å². The van der Waals surface area contributed by atoms with E-state index in [9.17, 15) is 18.8 Å². The largest absolute Gasteiger partial charge is 0.618 e. The second kappa shape index (κ2) is 6.91. The van der Waals surface area contributed by atoms with Crippen molar-refractivity contribution >= 4 is 22.4 Å². The van der Waals surface area contributed by atoms with Crippen molar-refractivity contribution in [3.63, 3.8) is 0 Å². The number of nitrogens with zero attached hydrogens (tertiary/aromatic N) is 2. The number of hydrogen-bond acceptors (Lipinski definition) is 4. The summed E-state index contributed by atoms with van der Waals surface area (Å²) in [6.07, 6.45) is 2.95. The molecule has 0 unspecified atom stereocenters. The summed E-state index contributed by atoms with van der Waals surface area (Å²) in [4.78, 5) is 15.7. The molecule has 0 bridgehead atoms. The fourth-order valence-corrected chi connectivity index (χ4v) is 2.78. The normalized spacial score (nSPS) is 10.9. The van der Waals surface area contributed by atoms with Gasteiger partial charge in [0.15, 0.2) is 6.20 Å². The Bertz CT molecular complexity index is 1010. The Hall–Kier alpha value is -3.29. The summed E-state index contributed by atoms with van der Waals surface area (Å²) >= 11 is 0. The standard InChI is InChI=1S/C18H16F2N4O2/c1-2-7-23-18(25)16-15(21)10-5-6-13(19)14(12(10)9-24(16)26)11-4-3-8-22-17(11)20/h3-6,8-9H,2,7,21H2,1H3,(H,23,25).